The van der Waals surface area contributed by atoms with Gasteiger partial charge < -0.3 is 4.74 Å². The molecule has 0 aliphatic rings. The van der Waals surface area contributed by atoms with Crippen LogP contribution in [0, 0.1) is 20.2 Å². The van der Waals surface area contributed by atoms with E-state index in [0.717, 1.165) is 18.2 Å². The highest BCUT2D eigenvalue weighted by atomic mass is 35.5. The molecule has 0 aliphatic carbocycles. The number of rotatable bonds is 5. The molecule has 0 heterocycles. The number of ether oxygens (including phenoxy) is 1. The van der Waals surface area contributed by atoms with Crippen molar-refractivity contribution in [1.82, 2.24) is 0 Å². The van der Waals surface area contributed by atoms with Gasteiger partial charge in [0.2, 0.25) is 5.75 Å². The molecule has 2 aromatic rings. The van der Waals surface area contributed by atoms with Crippen molar-refractivity contribution < 1.29 is 19.4 Å². The molecule has 0 bridgehead atoms. The molecule has 0 aliphatic heterocycles. The van der Waals surface area contributed by atoms with Crippen molar-refractivity contribution in [2.75, 3.05) is 0 Å². The Morgan fingerprint density at radius 3 is 2.22 bits per heavy atom. The van der Waals surface area contributed by atoms with Gasteiger partial charge in [-0.05, 0) is 31.2 Å². The second kappa shape index (κ2) is 6.41. The zero-order valence-corrected chi connectivity index (χ0v) is 12.4. The molecule has 118 valence electrons. The third-order valence-electron chi connectivity index (χ3n) is 2.91. The van der Waals surface area contributed by atoms with Gasteiger partial charge >= 0.3 is 5.69 Å². The second-order valence-electron chi connectivity index (χ2n) is 4.47. The summed E-state index contributed by atoms with van der Waals surface area (Å²) in [5.74, 6) is -0.300. The largest absolute Gasteiger partial charge is 0.449 e. The molecule has 2 aromatic carbocycles. The number of carbonyl (C=O) groups excluding carboxylic acids is 1. The van der Waals surface area contributed by atoms with E-state index in [2.05, 4.69) is 0 Å². The van der Waals surface area contributed by atoms with Crippen LogP contribution in [0.15, 0.2) is 36.4 Å². The highest BCUT2D eigenvalue weighted by molar-refractivity contribution is 6.32. The normalized spacial score (nSPS) is 10.2. The fourth-order valence-corrected chi connectivity index (χ4v) is 1.99. The lowest BCUT2D eigenvalue weighted by Crippen LogP contribution is -1.97. The Hall–Kier alpha value is -3.00. The molecule has 0 fully saturated rings. The quantitative estimate of drug-likeness (QED) is 0.460. The average Bonchev–Trinajstić information content (AvgIpc) is 2.48. The number of benzene rings is 2. The van der Waals surface area contributed by atoms with E-state index in [9.17, 15) is 25.0 Å². The van der Waals surface area contributed by atoms with E-state index in [1.54, 1.807) is 0 Å². The van der Waals surface area contributed by atoms with Gasteiger partial charge in [-0.25, -0.2) is 0 Å². The van der Waals surface area contributed by atoms with Gasteiger partial charge in [-0.2, -0.15) is 0 Å². The van der Waals surface area contributed by atoms with Crippen LogP contribution >= 0.6 is 11.6 Å². The van der Waals surface area contributed by atoms with Crippen LogP contribution in [-0.2, 0) is 0 Å². The van der Waals surface area contributed by atoms with E-state index >= 15 is 0 Å². The Kier molecular flexibility index (Phi) is 4.56. The molecule has 0 saturated carbocycles. The first-order chi connectivity index (χ1) is 10.8. The standard InChI is InChI=1S/C14H9ClN2O6/c1-8(18)9-2-4-13(11(15)6-9)23-14-5-3-10(16(19)20)7-12(14)17(21)22/h2-7H,1H3. The van der Waals surface area contributed by atoms with Crippen LogP contribution in [0.4, 0.5) is 11.4 Å². The summed E-state index contributed by atoms with van der Waals surface area (Å²) in [6.07, 6.45) is 0. The molecule has 0 aromatic heterocycles. The zero-order chi connectivity index (χ0) is 17.1. The minimum atomic E-state index is -0.791. The highest BCUT2D eigenvalue weighted by Crippen LogP contribution is 2.37. The van der Waals surface area contributed by atoms with Crippen LogP contribution < -0.4 is 4.74 Å². The van der Waals surface area contributed by atoms with Crippen molar-refractivity contribution in [1.29, 1.82) is 0 Å². The molecule has 8 nitrogen and oxygen atoms in total. The summed E-state index contributed by atoms with van der Waals surface area (Å²) in [4.78, 5) is 31.5. The Morgan fingerprint density at radius 1 is 1.04 bits per heavy atom. The Labute approximate surface area is 134 Å². The van der Waals surface area contributed by atoms with Crippen LogP contribution in [0.2, 0.25) is 5.02 Å². The minimum Gasteiger partial charge on any atom is -0.449 e. The van der Waals surface area contributed by atoms with Crippen LogP contribution in [0.3, 0.4) is 0 Å². The van der Waals surface area contributed by atoms with E-state index in [0.29, 0.717) is 5.56 Å². The van der Waals surface area contributed by atoms with Gasteiger partial charge in [-0.15, -0.1) is 0 Å². The first-order valence-corrected chi connectivity index (χ1v) is 6.58. The fraction of sp³-hybridized carbons (Fsp3) is 0.0714. The Bertz CT molecular complexity index is 821. The number of nitro groups is 2. The van der Waals surface area contributed by atoms with Gasteiger partial charge in [-0.3, -0.25) is 25.0 Å². The highest BCUT2D eigenvalue weighted by Gasteiger charge is 2.22. The SMILES string of the molecule is CC(=O)c1ccc(Oc2ccc([N+](=O)[O-])cc2[N+](=O)[O-])c(Cl)c1. The van der Waals surface area contributed by atoms with Crippen LogP contribution in [0.25, 0.3) is 0 Å². The number of hydrogen-bond acceptors (Lipinski definition) is 6. The number of carbonyl (C=O) groups is 1. The number of non-ortho nitro benzene ring substituents is 1. The molecule has 2 rings (SSSR count). The monoisotopic (exact) mass is 336 g/mol. The summed E-state index contributed by atoms with van der Waals surface area (Å²) in [6.45, 7) is 1.37. The van der Waals surface area contributed by atoms with E-state index in [-0.39, 0.29) is 22.3 Å². The van der Waals surface area contributed by atoms with Gasteiger partial charge in [0.05, 0.1) is 20.9 Å². The first kappa shape index (κ1) is 16.4. The van der Waals surface area contributed by atoms with E-state index in [1.807, 2.05) is 0 Å². The number of nitrogens with zero attached hydrogens (tertiary/aromatic N) is 2. The first-order valence-electron chi connectivity index (χ1n) is 6.20. The van der Waals surface area contributed by atoms with Crippen molar-refractivity contribution in [3.8, 4) is 11.5 Å². The Morgan fingerprint density at radius 2 is 1.70 bits per heavy atom. The molecule has 9 heteroatoms. The van der Waals surface area contributed by atoms with E-state index < -0.39 is 21.2 Å². The number of Topliss-reactive ketones (excluding diaryl/α,β-unsaturated/α-hetero) is 1. The van der Waals surface area contributed by atoms with Gasteiger partial charge in [0.25, 0.3) is 5.69 Å². The zero-order valence-electron chi connectivity index (χ0n) is 11.7. The molecule has 0 saturated heterocycles. The summed E-state index contributed by atoms with van der Waals surface area (Å²) >= 11 is 5.98. The summed E-state index contributed by atoms with van der Waals surface area (Å²) in [6, 6.07) is 7.22. The Balaban J connectivity index is 2.42. The molecular weight excluding hydrogens is 328 g/mol. The summed E-state index contributed by atoms with van der Waals surface area (Å²) in [5, 5.41) is 21.8. The fourth-order valence-electron chi connectivity index (χ4n) is 1.77. The maximum Gasteiger partial charge on any atom is 0.318 e. The third-order valence-corrected chi connectivity index (χ3v) is 3.20. The van der Waals surface area contributed by atoms with Crippen molar-refractivity contribution in [2.45, 2.75) is 6.92 Å². The summed E-state index contributed by atoms with van der Waals surface area (Å²) in [5.41, 5.74) is -0.631. The smallest absolute Gasteiger partial charge is 0.318 e. The second-order valence-corrected chi connectivity index (χ2v) is 4.88. The molecule has 0 atom stereocenters. The van der Waals surface area contributed by atoms with Crippen molar-refractivity contribution in [3.05, 3.63) is 67.2 Å². The average molecular weight is 337 g/mol. The number of ketones is 1. The predicted molar refractivity (Wildman–Crippen MR) is 81.3 cm³/mol. The third kappa shape index (κ3) is 3.61. The number of halogens is 1. The maximum absolute atomic E-state index is 11.3. The minimum absolute atomic E-state index is 0.0883. The lowest BCUT2D eigenvalue weighted by Gasteiger charge is -2.08. The predicted octanol–water partition coefficient (Wildman–Crippen LogP) is 4.15. The topological polar surface area (TPSA) is 113 Å². The molecule has 0 amide bonds. The summed E-state index contributed by atoms with van der Waals surface area (Å²) in [7, 11) is 0. The number of hydrogen-bond donors (Lipinski definition) is 0. The van der Waals surface area contributed by atoms with Gasteiger partial charge in [0.15, 0.2) is 5.78 Å². The van der Waals surface area contributed by atoms with E-state index in [4.69, 9.17) is 16.3 Å². The summed E-state index contributed by atoms with van der Waals surface area (Å²) < 4.78 is 5.36. The number of nitro benzene ring substituents is 2. The molecule has 0 N–H and O–H groups in total. The lowest BCUT2D eigenvalue weighted by atomic mass is 10.1. The van der Waals surface area contributed by atoms with Gasteiger partial charge in [0.1, 0.15) is 5.75 Å². The molecule has 0 radical (unpaired) electrons. The lowest BCUT2D eigenvalue weighted by molar-refractivity contribution is -0.394. The molecule has 0 spiro atoms. The van der Waals surface area contributed by atoms with Crippen molar-refractivity contribution in [2.24, 2.45) is 0 Å². The molecule has 23 heavy (non-hydrogen) atoms. The van der Waals surface area contributed by atoms with Crippen LogP contribution in [0.5, 0.6) is 11.5 Å². The van der Waals surface area contributed by atoms with Crippen molar-refractivity contribution in [3.63, 3.8) is 0 Å². The van der Waals surface area contributed by atoms with Crippen LogP contribution in [-0.4, -0.2) is 15.6 Å². The van der Waals surface area contributed by atoms with Gasteiger partial charge in [-0.1, -0.05) is 11.6 Å². The molecule has 0 unspecified atom stereocenters. The van der Waals surface area contributed by atoms with E-state index in [1.165, 1.54) is 25.1 Å². The maximum atomic E-state index is 11.3. The van der Waals surface area contributed by atoms with Crippen molar-refractivity contribution >= 4 is 28.8 Å². The molecular formula is C14H9ClN2O6. The van der Waals surface area contributed by atoms with Crippen LogP contribution in [0.1, 0.15) is 17.3 Å². The van der Waals surface area contributed by atoms with Gasteiger partial charge in [0, 0.05) is 11.6 Å².